The molecule has 0 bridgehead atoms. The summed E-state index contributed by atoms with van der Waals surface area (Å²) >= 11 is 0. The number of rotatable bonds is 6. The van der Waals surface area contributed by atoms with Crippen molar-refractivity contribution in [1.82, 2.24) is 18.7 Å². The van der Waals surface area contributed by atoms with Gasteiger partial charge in [-0.3, -0.25) is 13.9 Å². The van der Waals surface area contributed by atoms with Crippen LogP contribution in [0.4, 0.5) is 0 Å². The van der Waals surface area contributed by atoms with E-state index in [0.717, 1.165) is 11.1 Å². The van der Waals surface area contributed by atoms with E-state index in [2.05, 4.69) is 48.4 Å². The molecule has 3 aromatic rings. The minimum absolute atomic E-state index is 0. The molecule has 2 aromatic heterocycles. The van der Waals surface area contributed by atoms with E-state index in [1.54, 1.807) is 13.4 Å². The van der Waals surface area contributed by atoms with Crippen LogP contribution in [0.15, 0.2) is 46.2 Å². The number of nitrogens with zero attached hydrogens (tertiary/aromatic N) is 4. The average Bonchev–Trinajstić information content (AvgIpc) is 3.07. The van der Waals surface area contributed by atoms with Crippen LogP contribution >= 0.6 is 0 Å². The SMILES string of the molecule is CC(C[NH2+]C(C)c1ccccc1)Cn1cnc2c1c(=O)n(C)c(=O)n2C.[Cl-]. The van der Waals surface area contributed by atoms with Crippen molar-refractivity contribution in [3.05, 3.63) is 63.1 Å². The summed E-state index contributed by atoms with van der Waals surface area (Å²) < 4.78 is 4.42. The maximum Gasteiger partial charge on any atom is 0.332 e. The summed E-state index contributed by atoms with van der Waals surface area (Å²) in [5.74, 6) is 0.348. The number of benzene rings is 1. The monoisotopic (exact) mass is 391 g/mol. The number of aryl methyl sites for hydroxylation is 1. The molecule has 0 fully saturated rings. The molecule has 7 nitrogen and oxygen atoms in total. The number of fused-ring (bicyclic) bond motifs is 1. The van der Waals surface area contributed by atoms with E-state index < -0.39 is 0 Å². The fourth-order valence-corrected chi connectivity index (χ4v) is 3.27. The van der Waals surface area contributed by atoms with E-state index in [1.807, 2.05) is 10.6 Å². The molecule has 0 spiro atoms. The molecular formula is C19H26ClN5O2. The van der Waals surface area contributed by atoms with Crippen molar-refractivity contribution in [1.29, 1.82) is 0 Å². The summed E-state index contributed by atoms with van der Waals surface area (Å²) in [5, 5.41) is 2.31. The summed E-state index contributed by atoms with van der Waals surface area (Å²) in [7, 11) is 3.14. The van der Waals surface area contributed by atoms with E-state index in [0.29, 0.717) is 29.7 Å². The Morgan fingerprint density at radius 1 is 1.07 bits per heavy atom. The molecule has 27 heavy (non-hydrogen) atoms. The third kappa shape index (κ3) is 4.14. The van der Waals surface area contributed by atoms with Crippen molar-refractivity contribution >= 4 is 11.2 Å². The van der Waals surface area contributed by atoms with Crippen LogP contribution in [0.3, 0.4) is 0 Å². The van der Waals surface area contributed by atoms with Gasteiger partial charge in [-0.25, -0.2) is 9.78 Å². The molecule has 0 aliphatic carbocycles. The Hall–Kier alpha value is -2.38. The first kappa shape index (κ1) is 20.9. The zero-order chi connectivity index (χ0) is 18.8. The Labute approximate surface area is 164 Å². The number of hydrogen-bond acceptors (Lipinski definition) is 3. The molecule has 0 saturated carbocycles. The number of imidazole rings is 1. The summed E-state index contributed by atoms with van der Waals surface area (Å²) in [6.07, 6.45) is 1.66. The van der Waals surface area contributed by atoms with Gasteiger partial charge in [-0.15, -0.1) is 0 Å². The van der Waals surface area contributed by atoms with Gasteiger partial charge in [0.15, 0.2) is 11.2 Å². The van der Waals surface area contributed by atoms with Gasteiger partial charge < -0.3 is 22.3 Å². The van der Waals surface area contributed by atoms with Crippen molar-refractivity contribution in [2.75, 3.05) is 6.54 Å². The van der Waals surface area contributed by atoms with Crippen molar-refractivity contribution in [3.63, 3.8) is 0 Å². The molecule has 146 valence electrons. The first-order chi connectivity index (χ1) is 12.4. The molecule has 2 heterocycles. The van der Waals surface area contributed by atoms with Crippen LogP contribution in [0.2, 0.25) is 0 Å². The zero-order valence-corrected chi connectivity index (χ0v) is 16.8. The standard InChI is InChI=1S/C19H25N5O2.ClH/c1-13(10-20-14(2)15-8-6-5-7-9-15)11-24-12-21-17-16(24)18(25)23(4)19(26)22(17)3;/h5-9,12-14,20H,10-11H2,1-4H3;1H. The highest BCUT2D eigenvalue weighted by molar-refractivity contribution is 5.69. The van der Waals surface area contributed by atoms with Gasteiger partial charge in [-0.05, 0) is 6.92 Å². The molecule has 2 atom stereocenters. The number of nitrogens with two attached hydrogens (primary N) is 1. The molecule has 2 unspecified atom stereocenters. The highest BCUT2D eigenvalue weighted by Crippen LogP contribution is 2.09. The van der Waals surface area contributed by atoms with Gasteiger partial charge in [-0.2, -0.15) is 0 Å². The van der Waals surface area contributed by atoms with Crippen LogP contribution in [-0.4, -0.2) is 25.2 Å². The van der Waals surface area contributed by atoms with Crippen molar-refractivity contribution < 1.29 is 17.7 Å². The maximum absolute atomic E-state index is 12.5. The third-order valence-electron chi connectivity index (χ3n) is 4.94. The van der Waals surface area contributed by atoms with Crippen LogP contribution in [0, 0.1) is 5.92 Å². The van der Waals surface area contributed by atoms with Crippen molar-refractivity contribution in [2.45, 2.75) is 26.4 Å². The minimum atomic E-state index is -0.356. The second-order valence-corrected chi connectivity index (χ2v) is 7.05. The number of hydrogen-bond donors (Lipinski definition) is 1. The maximum atomic E-state index is 12.5. The number of halogens is 1. The Kier molecular flexibility index (Phi) is 6.62. The Bertz CT molecular complexity index is 1020. The van der Waals surface area contributed by atoms with Gasteiger partial charge in [-0.1, -0.05) is 37.3 Å². The average molecular weight is 392 g/mol. The van der Waals surface area contributed by atoms with Crippen LogP contribution < -0.4 is 29.0 Å². The lowest BCUT2D eigenvalue weighted by Crippen LogP contribution is -3.00. The van der Waals surface area contributed by atoms with Crippen LogP contribution in [0.25, 0.3) is 11.2 Å². The van der Waals surface area contributed by atoms with Crippen molar-refractivity contribution in [3.8, 4) is 0 Å². The summed E-state index contributed by atoms with van der Waals surface area (Å²) in [6.45, 7) is 5.97. The summed E-state index contributed by atoms with van der Waals surface area (Å²) in [5.41, 5.74) is 1.57. The fraction of sp³-hybridized carbons (Fsp3) is 0.421. The third-order valence-corrected chi connectivity index (χ3v) is 4.94. The highest BCUT2D eigenvalue weighted by Gasteiger charge is 2.17. The number of quaternary nitrogens is 1. The fourth-order valence-electron chi connectivity index (χ4n) is 3.27. The lowest BCUT2D eigenvalue weighted by Gasteiger charge is -2.16. The lowest BCUT2D eigenvalue weighted by molar-refractivity contribution is -0.697. The molecule has 1 aromatic carbocycles. The van der Waals surface area contributed by atoms with Gasteiger partial charge in [0.1, 0.15) is 6.04 Å². The Balaban J connectivity index is 0.00000261. The molecule has 0 radical (unpaired) electrons. The zero-order valence-electron chi connectivity index (χ0n) is 16.1. The molecule has 8 heteroatoms. The first-order valence-electron chi connectivity index (χ1n) is 8.89. The Morgan fingerprint density at radius 3 is 2.41 bits per heavy atom. The topological polar surface area (TPSA) is 78.4 Å². The van der Waals surface area contributed by atoms with Gasteiger partial charge in [0.25, 0.3) is 5.56 Å². The normalized spacial score (nSPS) is 13.3. The minimum Gasteiger partial charge on any atom is -1.00 e. The molecule has 0 aliphatic heterocycles. The molecule has 0 saturated heterocycles. The van der Waals surface area contributed by atoms with Gasteiger partial charge in [0.05, 0.1) is 12.9 Å². The molecule has 3 rings (SSSR count). The van der Waals surface area contributed by atoms with E-state index in [9.17, 15) is 9.59 Å². The molecule has 0 aliphatic rings. The van der Waals surface area contributed by atoms with Gasteiger partial charge in [0, 0.05) is 32.1 Å². The van der Waals surface area contributed by atoms with E-state index >= 15 is 0 Å². The van der Waals surface area contributed by atoms with Crippen LogP contribution in [-0.2, 0) is 20.6 Å². The second kappa shape index (κ2) is 8.54. The second-order valence-electron chi connectivity index (χ2n) is 7.05. The summed E-state index contributed by atoms with van der Waals surface area (Å²) in [6, 6.07) is 10.8. The lowest BCUT2D eigenvalue weighted by atomic mass is 10.1. The molecular weight excluding hydrogens is 366 g/mol. The highest BCUT2D eigenvalue weighted by atomic mass is 35.5. The van der Waals surface area contributed by atoms with Gasteiger partial charge in [0.2, 0.25) is 0 Å². The van der Waals surface area contributed by atoms with E-state index in [-0.39, 0.29) is 23.7 Å². The quantitative estimate of drug-likeness (QED) is 0.500. The number of aromatic nitrogens is 4. The summed E-state index contributed by atoms with van der Waals surface area (Å²) in [4.78, 5) is 28.8. The predicted octanol–water partition coefficient (Wildman–Crippen LogP) is -2.60. The molecule has 2 N–H and O–H groups in total. The van der Waals surface area contributed by atoms with Crippen molar-refractivity contribution in [2.24, 2.45) is 20.0 Å². The van der Waals surface area contributed by atoms with E-state index in [4.69, 9.17) is 0 Å². The largest absolute Gasteiger partial charge is 1.00 e. The predicted molar refractivity (Wildman–Crippen MR) is 101 cm³/mol. The first-order valence-corrected chi connectivity index (χ1v) is 8.89. The van der Waals surface area contributed by atoms with E-state index in [1.165, 1.54) is 17.2 Å². The Morgan fingerprint density at radius 2 is 1.74 bits per heavy atom. The van der Waals surface area contributed by atoms with Crippen LogP contribution in [0.1, 0.15) is 25.5 Å². The van der Waals surface area contributed by atoms with Gasteiger partial charge >= 0.3 is 5.69 Å². The smallest absolute Gasteiger partial charge is 0.332 e. The van der Waals surface area contributed by atoms with Crippen LogP contribution in [0.5, 0.6) is 0 Å². The molecule has 0 amide bonds.